The number of halogens is 2. The van der Waals surface area contributed by atoms with Crippen molar-refractivity contribution >= 4 is 35.1 Å². The molecule has 2 atom stereocenters. The van der Waals surface area contributed by atoms with Crippen LogP contribution in [0.25, 0.3) is 0 Å². The number of hydrogen-bond acceptors (Lipinski definition) is 2. The maximum absolute atomic E-state index is 12.4. The molecule has 1 aliphatic carbocycles. The zero-order valence-electron chi connectivity index (χ0n) is 12.1. The summed E-state index contributed by atoms with van der Waals surface area (Å²) in [6, 6.07) is 5.24. The standard InChI is InChI=1S/C15H17Cl2NO3/c1-15(2,14(20)21)18(3)13(19)12-7-11(12)8-4-9(16)6-10(17)5-8/h4-6,11-12H,7H2,1-3H3,(H,20,21). The lowest BCUT2D eigenvalue weighted by Crippen LogP contribution is -2.51. The molecule has 2 rings (SSSR count). The van der Waals surface area contributed by atoms with Crippen LogP contribution in [0.5, 0.6) is 0 Å². The molecule has 1 amide bonds. The minimum Gasteiger partial charge on any atom is -0.480 e. The van der Waals surface area contributed by atoms with Crippen LogP contribution in [0.3, 0.4) is 0 Å². The molecular formula is C15H17Cl2NO3. The fourth-order valence-electron chi connectivity index (χ4n) is 2.29. The van der Waals surface area contributed by atoms with E-state index in [4.69, 9.17) is 23.2 Å². The minimum absolute atomic E-state index is 0.0562. The van der Waals surface area contributed by atoms with E-state index in [2.05, 4.69) is 0 Å². The largest absolute Gasteiger partial charge is 0.480 e. The molecule has 0 bridgehead atoms. The normalized spacial score (nSPS) is 21.0. The number of aliphatic carboxylic acids is 1. The number of carboxylic acids is 1. The predicted octanol–water partition coefficient (Wildman–Crippen LogP) is 3.42. The van der Waals surface area contributed by atoms with Crippen molar-refractivity contribution in [2.45, 2.75) is 31.7 Å². The molecule has 0 heterocycles. The topological polar surface area (TPSA) is 57.6 Å². The first-order chi connectivity index (χ1) is 9.64. The van der Waals surface area contributed by atoms with E-state index in [0.29, 0.717) is 16.5 Å². The van der Waals surface area contributed by atoms with Gasteiger partial charge in [0.05, 0.1) is 0 Å². The van der Waals surface area contributed by atoms with Crippen LogP contribution in [-0.2, 0) is 9.59 Å². The number of nitrogens with zero attached hydrogens (tertiary/aromatic N) is 1. The van der Waals surface area contributed by atoms with Crippen LogP contribution in [0.2, 0.25) is 10.0 Å². The maximum Gasteiger partial charge on any atom is 0.329 e. The average Bonchev–Trinajstić information content (AvgIpc) is 3.15. The zero-order chi connectivity index (χ0) is 15.9. The maximum atomic E-state index is 12.4. The second-order valence-electron chi connectivity index (χ2n) is 5.91. The Morgan fingerprint density at radius 1 is 1.24 bits per heavy atom. The summed E-state index contributed by atoms with van der Waals surface area (Å²) in [4.78, 5) is 24.9. The Labute approximate surface area is 133 Å². The van der Waals surface area contributed by atoms with Crippen molar-refractivity contribution in [2.24, 2.45) is 5.92 Å². The van der Waals surface area contributed by atoms with Crippen molar-refractivity contribution in [1.82, 2.24) is 4.90 Å². The third kappa shape index (κ3) is 3.16. The van der Waals surface area contributed by atoms with E-state index >= 15 is 0 Å². The van der Waals surface area contributed by atoms with Crippen molar-refractivity contribution in [3.63, 3.8) is 0 Å². The highest BCUT2D eigenvalue weighted by molar-refractivity contribution is 6.34. The minimum atomic E-state index is -1.23. The van der Waals surface area contributed by atoms with Gasteiger partial charge < -0.3 is 10.0 Å². The van der Waals surface area contributed by atoms with Crippen LogP contribution in [-0.4, -0.2) is 34.5 Å². The molecule has 1 N–H and O–H groups in total. The van der Waals surface area contributed by atoms with Gasteiger partial charge in [0, 0.05) is 23.0 Å². The number of likely N-dealkylation sites (N-methyl/N-ethyl adjacent to an activating group) is 1. The molecule has 6 heteroatoms. The second-order valence-corrected chi connectivity index (χ2v) is 6.79. The van der Waals surface area contributed by atoms with Crippen molar-refractivity contribution in [1.29, 1.82) is 0 Å². The molecule has 0 aliphatic heterocycles. The van der Waals surface area contributed by atoms with E-state index in [9.17, 15) is 14.7 Å². The molecule has 0 radical (unpaired) electrons. The van der Waals surface area contributed by atoms with Crippen LogP contribution in [0.15, 0.2) is 18.2 Å². The van der Waals surface area contributed by atoms with E-state index in [-0.39, 0.29) is 17.7 Å². The number of amides is 1. The summed E-state index contributed by atoms with van der Waals surface area (Å²) >= 11 is 11.9. The summed E-state index contributed by atoms with van der Waals surface area (Å²) in [7, 11) is 1.52. The number of rotatable bonds is 4. The molecule has 114 valence electrons. The lowest BCUT2D eigenvalue weighted by molar-refractivity contribution is -0.155. The van der Waals surface area contributed by atoms with Gasteiger partial charge in [-0.15, -0.1) is 0 Å². The molecule has 1 fully saturated rings. The highest BCUT2D eigenvalue weighted by Gasteiger charge is 2.48. The lowest BCUT2D eigenvalue weighted by Gasteiger charge is -2.31. The SMILES string of the molecule is CN(C(=O)C1CC1c1cc(Cl)cc(Cl)c1)C(C)(C)C(=O)O. The number of carboxylic acid groups (broad SMARTS) is 1. The number of benzene rings is 1. The average molecular weight is 330 g/mol. The highest BCUT2D eigenvalue weighted by Crippen LogP contribution is 2.49. The van der Waals surface area contributed by atoms with Crippen LogP contribution >= 0.6 is 23.2 Å². The Morgan fingerprint density at radius 2 is 1.76 bits per heavy atom. The predicted molar refractivity (Wildman–Crippen MR) is 81.8 cm³/mol. The smallest absolute Gasteiger partial charge is 0.329 e. The van der Waals surface area contributed by atoms with Gasteiger partial charge in [-0.05, 0) is 49.9 Å². The Hall–Kier alpha value is -1.26. The molecule has 2 unspecified atom stereocenters. The number of carbonyl (C=O) groups excluding carboxylic acids is 1. The van der Waals surface area contributed by atoms with Crippen LogP contribution in [0, 0.1) is 5.92 Å². The van der Waals surface area contributed by atoms with E-state index in [1.165, 1.54) is 25.8 Å². The van der Waals surface area contributed by atoms with Gasteiger partial charge in [-0.1, -0.05) is 23.2 Å². The van der Waals surface area contributed by atoms with Crippen molar-refractivity contribution < 1.29 is 14.7 Å². The van der Waals surface area contributed by atoms with Gasteiger partial charge in [-0.2, -0.15) is 0 Å². The Balaban J connectivity index is 2.12. The van der Waals surface area contributed by atoms with Crippen molar-refractivity contribution in [3.05, 3.63) is 33.8 Å². The summed E-state index contributed by atoms with van der Waals surface area (Å²) in [5.74, 6) is -1.34. The van der Waals surface area contributed by atoms with E-state index < -0.39 is 11.5 Å². The lowest BCUT2D eigenvalue weighted by atomic mass is 10.0. The molecule has 4 nitrogen and oxygen atoms in total. The third-order valence-electron chi connectivity index (χ3n) is 4.11. The van der Waals surface area contributed by atoms with Gasteiger partial charge in [-0.3, -0.25) is 4.79 Å². The number of carbonyl (C=O) groups is 2. The van der Waals surface area contributed by atoms with Crippen LogP contribution in [0.4, 0.5) is 0 Å². The van der Waals surface area contributed by atoms with E-state index in [0.717, 1.165) is 5.56 Å². The van der Waals surface area contributed by atoms with Gasteiger partial charge in [0.15, 0.2) is 0 Å². The van der Waals surface area contributed by atoms with E-state index in [1.807, 2.05) is 0 Å². The molecular weight excluding hydrogens is 313 g/mol. The quantitative estimate of drug-likeness (QED) is 0.920. The van der Waals surface area contributed by atoms with Gasteiger partial charge in [-0.25, -0.2) is 4.79 Å². The first-order valence-electron chi connectivity index (χ1n) is 6.61. The molecule has 0 saturated heterocycles. The van der Waals surface area contributed by atoms with Crippen LogP contribution < -0.4 is 0 Å². The first kappa shape index (κ1) is 16.1. The van der Waals surface area contributed by atoms with Crippen molar-refractivity contribution in [2.75, 3.05) is 7.05 Å². The molecule has 1 aliphatic rings. The fraction of sp³-hybridized carbons (Fsp3) is 0.467. The van der Waals surface area contributed by atoms with Gasteiger partial charge in [0.1, 0.15) is 5.54 Å². The Morgan fingerprint density at radius 3 is 2.24 bits per heavy atom. The number of hydrogen-bond donors (Lipinski definition) is 1. The van der Waals surface area contributed by atoms with Gasteiger partial charge in [0.2, 0.25) is 5.91 Å². The molecule has 0 aromatic heterocycles. The van der Waals surface area contributed by atoms with Gasteiger partial charge in [0.25, 0.3) is 0 Å². The molecule has 1 saturated carbocycles. The van der Waals surface area contributed by atoms with Gasteiger partial charge >= 0.3 is 5.97 Å². The highest BCUT2D eigenvalue weighted by atomic mass is 35.5. The first-order valence-corrected chi connectivity index (χ1v) is 7.37. The molecule has 0 spiro atoms. The summed E-state index contributed by atoms with van der Waals surface area (Å²) in [6.07, 6.45) is 0.690. The molecule has 21 heavy (non-hydrogen) atoms. The molecule has 1 aromatic rings. The third-order valence-corrected chi connectivity index (χ3v) is 4.55. The van der Waals surface area contributed by atoms with E-state index in [1.54, 1.807) is 18.2 Å². The van der Waals surface area contributed by atoms with Crippen molar-refractivity contribution in [3.8, 4) is 0 Å². The summed E-state index contributed by atoms with van der Waals surface area (Å²) in [5.41, 5.74) is -0.302. The fourth-order valence-corrected chi connectivity index (χ4v) is 2.84. The Bertz CT molecular complexity index is 580. The monoisotopic (exact) mass is 329 g/mol. The zero-order valence-corrected chi connectivity index (χ0v) is 13.6. The summed E-state index contributed by atoms with van der Waals surface area (Å²) in [5, 5.41) is 10.3. The second kappa shape index (κ2) is 5.50. The molecule has 1 aromatic carbocycles. The summed E-state index contributed by atoms with van der Waals surface area (Å²) < 4.78 is 0. The van der Waals surface area contributed by atoms with Crippen LogP contribution in [0.1, 0.15) is 31.7 Å². The Kier molecular flexibility index (Phi) is 4.22. The summed E-state index contributed by atoms with van der Waals surface area (Å²) in [6.45, 7) is 3.03.